The first-order chi connectivity index (χ1) is 35.4. The van der Waals surface area contributed by atoms with Gasteiger partial charge in [-0.3, -0.25) is 48.4 Å². The zero-order valence-electron chi connectivity index (χ0n) is 44.8. The Morgan fingerprint density at radius 2 is 1.07 bits per heavy atom. The molecular weight excluding hydrogens is 997 g/mol. The van der Waals surface area contributed by atoms with E-state index >= 15 is 0 Å². The summed E-state index contributed by atoms with van der Waals surface area (Å²) in [6.07, 6.45) is -8.98. The van der Waals surface area contributed by atoms with Crippen LogP contribution in [0.25, 0.3) is 5.76 Å². The van der Waals surface area contributed by atoms with Crippen LogP contribution in [0.3, 0.4) is 0 Å². The van der Waals surface area contributed by atoms with Crippen molar-refractivity contribution in [2.45, 2.75) is 116 Å². The number of aliphatic hydroxyl groups excluding tert-OH is 3. The number of esters is 3. The minimum absolute atomic E-state index is 0.0299. The largest absolute Gasteiger partial charge is 0.508 e. The number of fused-ring (bicyclic) bond motifs is 1. The number of carbonyl (C=O) groups is 6. The number of nitrogens with one attached hydrogen (secondary N) is 2. The molecule has 3 heterocycles. The van der Waals surface area contributed by atoms with E-state index in [-0.39, 0.29) is 62.1 Å². The fourth-order valence-electron chi connectivity index (χ4n) is 8.20. The molecule has 0 aliphatic carbocycles. The van der Waals surface area contributed by atoms with Crippen LogP contribution in [-0.4, -0.2) is 225 Å². The zero-order chi connectivity index (χ0) is 56.3. The lowest BCUT2D eigenvalue weighted by atomic mass is 9.98. The summed E-state index contributed by atoms with van der Waals surface area (Å²) in [6, 6.07) is 6.81. The van der Waals surface area contributed by atoms with Crippen molar-refractivity contribution in [3.05, 3.63) is 47.5 Å². The number of aromatic hydroxyl groups is 3. The summed E-state index contributed by atoms with van der Waals surface area (Å²) in [4.78, 5) is 86.5. The van der Waals surface area contributed by atoms with Crippen LogP contribution in [0.5, 0.6) is 28.7 Å². The highest BCUT2D eigenvalue weighted by molar-refractivity contribution is 5.99. The van der Waals surface area contributed by atoms with Gasteiger partial charge in [-0.1, -0.05) is 0 Å². The van der Waals surface area contributed by atoms with Crippen LogP contribution in [0.15, 0.2) is 36.4 Å². The Morgan fingerprint density at radius 3 is 1.53 bits per heavy atom. The van der Waals surface area contributed by atoms with Gasteiger partial charge in [-0.15, -0.1) is 0 Å². The number of ketones is 1. The number of allylic oxidation sites excluding steroid dienone is 1. The van der Waals surface area contributed by atoms with Gasteiger partial charge in [0.05, 0.1) is 26.2 Å². The Morgan fingerprint density at radius 1 is 0.618 bits per heavy atom. The number of rotatable bonds is 15. The number of ether oxygens (including phenoxy) is 6. The maximum absolute atomic E-state index is 13.5. The Bertz CT molecular complexity index is 2350. The molecule has 24 heteroatoms. The van der Waals surface area contributed by atoms with Gasteiger partial charge in [-0.2, -0.15) is 0 Å². The molecule has 0 saturated carbocycles. The molecule has 3 unspecified atom stereocenters. The Labute approximate surface area is 442 Å². The lowest BCUT2D eigenvalue weighted by Gasteiger charge is -2.39. The third kappa shape index (κ3) is 19.2. The molecular formula is C52H76N6O18. The van der Waals surface area contributed by atoms with Crippen molar-refractivity contribution < 1.29 is 87.8 Å². The number of carbonyl (C=O) groups excluding carboxylic acids is 6. The van der Waals surface area contributed by atoms with E-state index in [2.05, 4.69) is 10.6 Å². The molecule has 0 bridgehead atoms. The van der Waals surface area contributed by atoms with Crippen LogP contribution in [0.4, 0.5) is 0 Å². The molecule has 5 rings (SSSR count). The predicted molar refractivity (Wildman–Crippen MR) is 272 cm³/mol. The monoisotopic (exact) mass is 1070 g/mol. The molecule has 24 nitrogen and oxygen atoms in total. The van der Waals surface area contributed by atoms with E-state index in [1.807, 2.05) is 19.6 Å². The second kappa shape index (κ2) is 26.3. The second-order valence-corrected chi connectivity index (χ2v) is 21.9. The van der Waals surface area contributed by atoms with E-state index in [0.29, 0.717) is 57.9 Å². The van der Waals surface area contributed by atoms with Gasteiger partial charge in [0.25, 0.3) is 5.91 Å². The van der Waals surface area contributed by atoms with Crippen molar-refractivity contribution >= 4 is 41.3 Å². The summed E-state index contributed by atoms with van der Waals surface area (Å²) >= 11 is 0. The van der Waals surface area contributed by atoms with Crippen LogP contribution in [0, 0.1) is 0 Å². The smallest absolute Gasteiger partial charge is 0.320 e. The van der Waals surface area contributed by atoms with Gasteiger partial charge in [0, 0.05) is 95.1 Å². The zero-order valence-corrected chi connectivity index (χ0v) is 44.8. The molecule has 3 aliphatic heterocycles. The summed E-state index contributed by atoms with van der Waals surface area (Å²) in [5.41, 5.74) is -1.90. The third-order valence-electron chi connectivity index (χ3n) is 11.8. The van der Waals surface area contributed by atoms with Crippen molar-refractivity contribution in [1.29, 1.82) is 0 Å². The van der Waals surface area contributed by atoms with Gasteiger partial charge in [-0.05, 0) is 86.6 Å². The highest BCUT2D eigenvalue weighted by Gasteiger charge is 2.48. The summed E-state index contributed by atoms with van der Waals surface area (Å²) in [5.74, 6) is -5.59. The molecule has 0 spiro atoms. The molecule has 422 valence electrons. The van der Waals surface area contributed by atoms with Crippen molar-refractivity contribution in [3.63, 3.8) is 0 Å². The summed E-state index contributed by atoms with van der Waals surface area (Å²) in [6.45, 7) is 18.0. The van der Waals surface area contributed by atoms with Gasteiger partial charge in [0.2, 0.25) is 17.9 Å². The molecule has 3 aliphatic rings. The fourth-order valence-corrected chi connectivity index (χ4v) is 8.20. The van der Waals surface area contributed by atoms with E-state index < -0.39 is 107 Å². The van der Waals surface area contributed by atoms with Gasteiger partial charge < -0.3 is 69.7 Å². The Balaban J connectivity index is 1.23. The number of benzene rings is 2. The predicted octanol–water partition coefficient (Wildman–Crippen LogP) is 0.0140. The van der Waals surface area contributed by atoms with Crippen molar-refractivity contribution in [2.75, 3.05) is 91.6 Å². The topological polar surface area (TPSA) is 316 Å². The Hall–Kier alpha value is -6.12. The molecule has 0 aromatic heterocycles. The number of phenols is 3. The van der Waals surface area contributed by atoms with Crippen molar-refractivity contribution in [3.8, 4) is 28.7 Å². The third-order valence-corrected chi connectivity index (χ3v) is 11.8. The minimum atomic E-state index is -2.01. The quantitative estimate of drug-likeness (QED) is 0.0504. The summed E-state index contributed by atoms with van der Waals surface area (Å²) in [5, 5.41) is 69.3. The molecule has 76 heavy (non-hydrogen) atoms. The van der Waals surface area contributed by atoms with E-state index in [1.165, 1.54) is 30.3 Å². The molecule has 2 aromatic rings. The van der Waals surface area contributed by atoms with Gasteiger partial charge in [-0.25, -0.2) is 0 Å². The van der Waals surface area contributed by atoms with E-state index in [1.54, 1.807) is 62.3 Å². The molecule has 2 fully saturated rings. The van der Waals surface area contributed by atoms with Crippen molar-refractivity contribution in [1.82, 2.24) is 30.2 Å². The maximum atomic E-state index is 13.5. The number of amides is 2. The van der Waals surface area contributed by atoms with Gasteiger partial charge >= 0.3 is 17.9 Å². The first-order valence-electron chi connectivity index (χ1n) is 25.2. The maximum Gasteiger partial charge on any atom is 0.320 e. The number of hydrogen-bond acceptors (Lipinski definition) is 22. The van der Waals surface area contributed by atoms with Crippen LogP contribution in [-0.2, 0) is 54.1 Å². The highest BCUT2D eigenvalue weighted by atomic mass is 16.7. The first-order valence-corrected chi connectivity index (χ1v) is 25.2. The second-order valence-electron chi connectivity index (χ2n) is 21.9. The van der Waals surface area contributed by atoms with Gasteiger partial charge in [0.1, 0.15) is 52.4 Å². The summed E-state index contributed by atoms with van der Waals surface area (Å²) in [7, 11) is 0. The number of hydrogen-bond donors (Lipinski definition) is 8. The standard InChI is InChI=1S/C52H76N6O18/c1-50(2,3)74-39(62)28-56-18-16-55(17-19-57(29-40(63)75-51(4,5)6)21-23-58(22-20-56)30-41(64)76-52(7,8)9)27-38(61)53-14-15-54-48(70)47-45(68)44(67)46(69)49(73-47)72-37-26-36-34(42(65)43(37)66)24-33(60)25-35(71-36)31-10-12-32(59)13-11-31/h10-13,25-26,44-47,49,59,65-69H,14-24,27-30H2,1-9H3,(H,53,61)(H,54,70)/t44?,45-,46?,47?,49+/m0/s1. The first kappa shape index (κ1) is 60.7. The van der Waals surface area contributed by atoms with E-state index in [0.717, 1.165) is 6.07 Å². The lowest BCUT2D eigenvalue weighted by molar-refractivity contribution is -0.267. The molecule has 0 radical (unpaired) electrons. The highest BCUT2D eigenvalue weighted by Crippen LogP contribution is 2.47. The SMILES string of the molecule is CC(C)(C)OC(=O)CN1CCN(CC(=O)NCCNC(=O)C2O[C@@H](Oc3cc4c(c(O)c3O)CC(=O)C=C(c3ccc(O)cc3)O4)C(O)C(O)[C@@H]2O)CCN(CC(=O)OC(C)(C)C)CCN(CC(=O)OC(C)(C)C)CC1. The lowest BCUT2D eigenvalue weighted by Crippen LogP contribution is -2.63. The van der Waals surface area contributed by atoms with Crippen LogP contribution >= 0.6 is 0 Å². The van der Waals surface area contributed by atoms with Crippen LogP contribution in [0.2, 0.25) is 0 Å². The number of nitrogens with zero attached hydrogens (tertiary/aromatic N) is 4. The fraction of sp³-hybridized carbons (Fsp3) is 0.615. The molecule has 2 amide bonds. The average molecular weight is 1070 g/mol. The van der Waals surface area contributed by atoms with E-state index in [4.69, 9.17) is 28.4 Å². The van der Waals surface area contributed by atoms with Gasteiger partial charge in [0.15, 0.2) is 23.4 Å². The van der Waals surface area contributed by atoms with Crippen LogP contribution in [0.1, 0.15) is 73.4 Å². The van der Waals surface area contributed by atoms with E-state index in [9.17, 15) is 59.4 Å². The molecule has 5 atom stereocenters. The number of phenolic OH excluding ortho intramolecular Hbond substituents is 3. The average Bonchev–Trinajstić information content (AvgIpc) is 3.46. The normalized spacial score (nSPS) is 22.0. The minimum Gasteiger partial charge on any atom is -0.508 e. The number of aliphatic hydroxyl groups is 3. The van der Waals surface area contributed by atoms with Crippen molar-refractivity contribution in [2.24, 2.45) is 0 Å². The summed E-state index contributed by atoms with van der Waals surface area (Å²) < 4.78 is 34.1. The van der Waals surface area contributed by atoms with Crippen LogP contribution < -0.4 is 20.1 Å². The molecule has 2 aromatic carbocycles. The molecule has 2 saturated heterocycles. The molecule has 8 N–H and O–H groups in total. The Kier molecular flexibility index (Phi) is 21.0.